The average molecular weight is 537 g/mol. The molecule has 174 valence electrons. The topological polar surface area (TPSA) is 140 Å². The lowest BCUT2D eigenvalue weighted by atomic mass is 10.3. The SMILES string of the molecule is CC(Oc1cccc(Br)c1)C(=O)NCCNC(=O)c1nc(CS(=O)(=O)c2ccccc2)no1. The van der Waals surface area contributed by atoms with Crippen LogP contribution in [-0.2, 0) is 20.4 Å². The fourth-order valence-corrected chi connectivity index (χ4v) is 4.24. The molecule has 0 aliphatic heterocycles. The fraction of sp³-hybridized carbons (Fsp3) is 0.238. The van der Waals surface area contributed by atoms with Crippen molar-refractivity contribution in [3.8, 4) is 5.75 Å². The van der Waals surface area contributed by atoms with E-state index in [1.54, 1.807) is 43.3 Å². The predicted octanol–water partition coefficient (Wildman–Crippen LogP) is 2.12. The second-order valence-corrected chi connectivity index (χ2v) is 9.76. The number of hydrogen-bond donors (Lipinski definition) is 2. The maximum absolute atomic E-state index is 12.4. The molecule has 0 spiro atoms. The molecule has 0 aliphatic rings. The Balaban J connectivity index is 1.43. The number of sulfone groups is 1. The largest absolute Gasteiger partial charge is 0.481 e. The number of ether oxygens (including phenoxy) is 1. The highest BCUT2D eigenvalue weighted by Crippen LogP contribution is 2.19. The molecule has 2 N–H and O–H groups in total. The Morgan fingerprint density at radius 1 is 1.09 bits per heavy atom. The van der Waals surface area contributed by atoms with E-state index in [1.807, 2.05) is 6.07 Å². The zero-order valence-electron chi connectivity index (χ0n) is 17.5. The van der Waals surface area contributed by atoms with Gasteiger partial charge in [-0.1, -0.05) is 45.4 Å². The smallest absolute Gasteiger partial charge is 0.315 e. The van der Waals surface area contributed by atoms with Crippen LogP contribution in [-0.4, -0.2) is 49.6 Å². The summed E-state index contributed by atoms with van der Waals surface area (Å²) >= 11 is 3.33. The first-order valence-electron chi connectivity index (χ1n) is 9.83. The molecule has 2 amide bonds. The van der Waals surface area contributed by atoms with Gasteiger partial charge in [0.25, 0.3) is 5.91 Å². The molecule has 0 bridgehead atoms. The summed E-state index contributed by atoms with van der Waals surface area (Å²) in [4.78, 5) is 28.2. The predicted molar refractivity (Wildman–Crippen MR) is 121 cm³/mol. The summed E-state index contributed by atoms with van der Waals surface area (Å²) in [6.07, 6.45) is -0.736. The fourth-order valence-electron chi connectivity index (χ4n) is 2.66. The molecule has 3 aromatic rings. The Bertz CT molecular complexity index is 1220. The minimum absolute atomic E-state index is 0.0915. The molecule has 0 saturated heterocycles. The molecule has 0 fully saturated rings. The second kappa shape index (κ2) is 11.1. The van der Waals surface area contributed by atoms with Crippen LogP contribution >= 0.6 is 15.9 Å². The van der Waals surface area contributed by atoms with Crippen LogP contribution in [0.25, 0.3) is 0 Å². The Labute approximate surface area is 198 Å². The van der Waals surface area contributed by atoms with Crippen LogP contribution in [0.2, 0.25) is 0 Å². The molecular weight excluding hydrogens is 516 g/mol. The van der Waals surface area contributed by atoms with E-state index in [1.165, 1.54) is 12.1 Å². The first-order valence-corrected chi connectivity index (χ1v) is 12.3. The van der Waals surface area contributed by atoms with Crippen LogP contribution in [0.15, 0.2) is 68.5 Å². The van der Waals surface area contributed by atoms with E-state index in [9.17, 15) is 18.0 Å². The van der Waals surface area contributed by atoms with Crippen LogP contribution in [0, 0.1) is 0 Å². The van der Waals surface area contributed by atoms with Gasteiger partial charge >= 0.3 is 11.8 Å². The molecule has 1 unspecified atom stereocenters. The summed E-state index contributed by atoms with van der Waals surface area (Å²) in [7, 11) is -3.67. The van der Waals surface area contributed by atoms with Crippen LogP contribution in [0.3, 0.4) is 0 Å². The van der Waals surface area contributed by atoms with Gasteiger partial charge < -0.3 is 19.9 Å². The minimum Gasteiger partial charge on any atom is -0.481 e. The van der Waals surface area contributed by atoms with Gasteiger partial charge in [0.15, 0.2) is 21.8 Å². The molecule has 33 heavy (non-hydrogen) atoms. The van der Waals surface area contributed by atoms with E-state index in [0.717, 1.165) is 4.47 Å². The highest BCUT2D eigenvalue weighted by Gasteiger charge is 2.21. The average Bonchev–Trinajstić information content (AvgIpc) is 3.25. The molecule has 0 saturated carbocycles. The van der Waals surface area contributed by atoms with Gasteiger partial charge in [0.1, 0.15) is 11.5 Å². The van der Waals surface area contributed by atoms with E-state index in [2.05, 4.69) is 36.7 Å². The van der Waals surface area contributed by atoms with Crippen molar-refractivity contribution >= 4 is 37.6 Å². The van der Waals surface area contributed by atoms with Crippen molar-refractivity contribution in [1.82, 2.24) is 20.8 Å². The van der Waals surface area contributed by atoms with E-state index in [-0.39, 0.29) is 35.6 Å². The van der Waals surface area contributed by atoms with Gasteiger partial charge in [-0.05, 0) is 37.3 Å². The molecule has 12 heteroatoms. The minimum atomic E-state index is -3.67. The van der Waals surface area contributed by atoms with Crippen molar-refractivity contribution in [2.45, 2.75) is 23.7 Å². The number of aromatic nitrogens is 2. The van der Waals surface area contributed by atoms with Gasteiger partial charge in [-0.15, -0.1) is 0 Å². The van der Waals surface area contributed by atoms with Crippen LogP contribution in [0.4, 0.5) is 0 Å². The van der Waals surface area contributed by atoms with Gasteiger partial charge in [-0.2, -0.15) is 4.98 Å². The number of halogens is 1. The van der Waals surface area contributed by atoms with Crippen LogP contribution in [0.1, 0.15) is 23.4 Å². The van der Waals surface area contributed by atoms with Gasteiger partial charge in [-0.25, -0.2) is 8.42 Å². The normalized spacial score (nSPS) is 12.1. The molecule has 10 nitrogen and oxygen atoms in total. The Morgan fingerprint density at radius 3 is 2.55 bits per heavy atom. The number of carbonyl (C=O) groups is 2. The molecule has 1 aromatic heterocycles. The van der Waals surface area contributed by atoms with Gasteiger partial charge in [-0.3, -0.25) is 9.59 Å². The third-order valence-corrected chi connectivity index (χ3v) is 6.39. The highest BCUT2D eigenvalue weighted by atomic mass is 79.9. The summed E-state index contributed by atoms with van der Waals surface area (Å²) in [5.41, 5.74) is 0. The number of amides is 2. The number of rotatable bonds is 10. The van der Waals surface area contributed by atoms with Gasteiger partial charge in [0.2, 0.25) is 0 Å². The zero-order chi connectivity index (χ0) is 23.8. The van der Waals surface area contributed by atoms with Crippen molar-refractivity contribution in [2.75, 3.05) is 13.1 Å². The Kier molecular flexibility index (Phi) is 8.17. The Hall–Kier alpha value is -3.25. The molecule has 1 heterocycles. The van der Waals surface area contributed by atoms with E-state index < -0.39 is 27.6 Å². The van der Waals surface area contributed by atoms with Crippen molar-refractivity contribution in [2.24, 2.45) is 0 Å². The molecule has 0 radical (unpaired) electrons. The van der Waals surface area contributed by atoms with Crippen molar-refractivity contribution < 1.29 is 27.3 Å². The maximum atomic E-state index is 12.4. The molecular formula is C21H21BrN4O6S. The summed E-state index contributed by atoms with van der Waals surface area (Å²) in [5, 5.41) is 8.71. The molecule has 2 aromatic carbocycles. The Morgan fingerprint density at radius 2 is 1.82 bits per heavy atom. The second-order valence-electron chi connectivity index (χ2n) is 6.85. The van der Waals surface area contributed by atoms with E-state index in [4.69, 9.17) is 9.26 Å². The van der Waals surface area contributed by atoms with E-state index >= 15 is 0 Å². The lowest BCUT2D eigenvalue weighted by molar-refractivity contribution is -0.127. The first-order chi connectivity index (χ1) is 15.7. The molecule has 3 rings (SSSR count). The number of nitrogens with one attached hydrogen (secondary N) is 2. The van der Waals surface area contributed by atoms with Crippen LogP contribution < -0.4 is 15.4 Å². The van der Waals surface area contributed by atoms with Gasteiger partial charge in [0.05, 0.1) is 4.90 Å². The number of hydrogen-bond acceptors (Lipinski definition) is 8. The standard InChI is InChI=1S/C21H21BrN4O6S/c1-14(31-16-7-5-6-15(22)12-16)19(27)23-10-11-24-20(28)21-25-18(26-32-21)13-33(29,30)17-8-3-2-4-9-17/h2-9,12,14H,10-11,13H2,1H3,(H,23,27)(H,24,28). The molecule has 0 aliphatic carbocycles. The van der Waals surface area contributed by atoms with Crippen molar-refractivity contribution in [3.05, 3.63) is 70.8 Å². The summed E-state index contributed by atoms with van der Waals surface area (Å²) in [5.74, 6) is -1.49. The monoisotopic (exact) mass is 536 g/mol. The number of carbonyl (C=O) groups excluding carboxylic acids is 2. The number of nitrogens with zero attached hydrogens (tertiary/aromatic N) is 2. The van der Waals surface area contributed by atoms with Crippen molar-refractivity contribution in [1.29, 1.82) is 0 Å². The van der Waals surface area contributed by atoms with E-state index in [0.29, 0.717) is 5.75 Å². The lowest BCUT2D eigenvalue weighted by Gasteiger charge is -2.15. The summed E-state index contributed by atoms with van der Waals surface area (Å²) in [6.45, 7) is 1.84. The van der Waals surface area contributed by atoms with Crippen molar-refractivity contribution in [3.63, 3.8) is 0 Å². The summed E-state index contributed by atoms with van der Waals surface area (Å²) < 4.78 is 36.0. The lowest BCUT2D eigenvalue weighted by Crippen LogP contribution is -2.40. The summed E-state index contributed by atoms with van der Waals surface area (Å²) in [6, 6.07) is 14.9. The highest BCUT2D eigenvalue weighted by molar-refractivity contribution is 9.10. The third kappa shape index (κ3) is 7.12. The third-order valence-electron chi connectivity index (χ3n) is 4.27. The zero-order valence-corrected chi connectivity index (χ0v) is 19.9. The van der Waals surface area contributed by atoms with Gasteiger partial charge in [0, 0.05) is 17.6 Å². The maximum Gasteiger partial charge on any atom is 0.315 e. The quantitative estimate of drug-likeness (QED) is 0.375. The van der Waals surface area contributed by atoms with Crippen LogP contribution in [0.5, 0.6) is 5.75 Å². The molecule has 1 atom stereocenters. The number of benzene rings is 2. The first kappa shape index (κ1) is 24.4.